The number of hydrogen-bond donors (Lipinski definition) is 0. The van der Waals surface area contributed by atoms with Crippen LogP contribution < -0.4 is 0 Å². The topological polar surface area (TPSA) is 51.8 Å². The molecule has 2 heterocycles. The lowest BCUT2D eigenvalue weighted by Gasteiger charge is -2.13. The molecule has 0 saturated heterocycles. The highest BCUT2D eigenvalue weighted by Crippen LogP contribution is 2.42. The molecule has 0 aliphatic rings. The van der Waals surface area contributed by atoms with Crippen LogP contribution in [0.3, 0.4) is 0 Å². The molecule has 0 radical (unpaired) electrons. The monoisotopic (exact) mass is 853 g/mol. The number of aromatic nitrogens is 3. The lowest BCUT2D eigenvalue weighted by molar-refractivity contribution is 0.670. The van der Waals surface area contributed by atoms with E-state index in [0.717, 1.165) is 66.3 Å². The predicted molar refractivity (Wildman–Crippen MR) is 278 cm³/mol. The van der Waals surface area contributed by atoms with Crippen LogP contribution in [0.4, 0.5) is 0 Å². The van der Waals surface area contributed by atoms with Gasteiger partial charge in [-0.15, -0.1) is 0 Å². The van der Waals surface area contributed by atoms with Crippen LogP contribution in [0.2, 0.25) is 0 Å². The summed E-state index contributed by atoms with van der Waals surface area (Å²) in [4.78, 5) is 15.9. The molecule has 4 heteroatoms. The molecule has 11 aromatic carbocycles. The van der Waals surface area contributed by atoms with Crippen molar-refractivity contribution >= 4 is 54.3 Å². The zero-order valence-corrected chi connectivity index (χ0v) is 36.3. The molecule has 13 aromatic rings. The van der Waals surface area contributed by atoms with Gasteiger partial charge in [-0.25, -0.2) is 15.0 Å². The summed E-state index contributed by atoms with van der Waals surface area (Å²) in [6, 6.07) is 83.4. The fraction of sp³-hybridized carbons (Fsp3) is 0. The van der Waals surface area contributed by atoms with Crippen molar-refractivity contribution < 1.29 is 4.42 Å². The number of hydrogen-bond acceptors (Lipinski definition) is 4. The van der Waals surface area contributed by atoms with E-state index in [1.807, 2.05) is 18.2 Å². The fourth-order valence-corrected chi connectivity index (χ4v) is 9.86. The molecular weight excluding hydrogens is 815 g/mol. The average molecular weight is 854 g/mol. The van der Waals surface area contributed by atoms with E-state index >= 15 is 0 Å². The minimum Gasteiger partial charge on any atom is -0.455 e. The molecule has 4 nitrogen and oxygen atoms in total. The van der Waals surface area contributed by atoms with Gasteiger partial charge in [-0.3, -0.25) is 0 Å². The molecule has 0 bridgehead atoms. The standard InChI is InChI=1S/C63H39N3O/c1-3-14-40(15-4-1)42-28-32-44(33-29-42)49-24-12-25-55-59-56(26-13-27-58(59)67-60(49)55)63-65-61(45-34-30-43(31-35-45)47-19-11-18-46(38-47)41-16-5-2-6-17-41)64-62(66-63)48-36-37-54-52-22-8-7-20-50(52)51-21-9-10-23-53(51)57(54)39-48/h1-39H. The summed E-state index contributed by atoms with van der Waals surface area (Å²) in [6.45, 7) is 0. The Bertz CT molecular complexity index is 3970. The summed E-state index contributed by atoms with van der Waals surface area (Å²) >= 11 is 0. The zero-order valence-electron chi connectivity index (χ0n) is 36.3. The van der Waals surface area contributed by atoms with Crippen molar-refractivity contribution in [2.45, 2.75) is 0 Å². The maximum Gasteiger partial charge on any atom is 0.164 e. The quantitative estimate of drug-likeness (QED) is 0.150. The Morgan fingerprint density at radius 3 is 1.31 bits per heavy atom. The van der Waals surface area contributed by atoms with Gasteiger partial charge >= 0.3 is 0 Å². The van der Waals surface area contributed by atoms with Gasteiger partial charge in [0.2, 0.25) is 0 Å². The highest BCUT2D eigenvalue weighted by Gasteiger charge is 2.20. The van der Waals surface area contributed by atoms with Gasteiger partial charge in [0.05, 0.1) is 0 Å². The molecule has 0 aliphatic carbocycles. The van der Waals surface area contributed by atoms with Crippen molar-refractivity contribution in [2.24, 2.45) is 0 Å². The third-order valence-corrected chi connectivity index (χ3v) is 13.2. The summed E-state index contributed by atoms with van der Waals surface area (Å²) in [5.74, 6) is 1.77. The molecular formula is C63H39N3O. The van der Waals surface area contributed by atoms with Gasteiger partial charge in [0.25, 0.3) is 0 Å². The fourth-order valence-electron chi connectivity index (χ4n) is 9.86. The van der Waals surface area contributed by atoms with Crippen molar-refractivity contribution in [1.29, 1.82) is 0 Å². The minimum atomic E-state index is 0.578. The largest absolute Gasteiger partial charge is 0.455 e. The predicted octanol–water partition coefficient (Wildman–Crippen LogP) is 16.9. The number of furan rings is 1. The highest BCUT2D eigenvalue weighted by molar-refractivity contribution is 6.25. The Morgan fingerprint density at radius 2 is 0.657 bits per heavy atom. The molecule has 13 rings (SSSR count). The van der Waals surface area contributed by atoms with E-state index in [2.05, 4.69) is 218 Å². The lowest BCUT2D eigenvalue weighted by atomic mass is 9.93. The van der Waals surface area contributed by atoms with Gasteiger partial charge in [0.15, 0.2) is 17.5 Å². The summed E-state index contributed by atoms with van der Waals surface area (Å²) < 4.78 is 6.79. The molecule has 2 aromatic heterocycles. The van der Waals surface area contributed by atoms with Crippen LogP contribution in [0, 0.1) is 0 Å². The van der Waals surface area contributed by atoms with Crippen molar-refractivity contribution in [3.05, 3.63) is 237 Å². The smallest absolute Gasteiger partial charge is 0.164 e. The number of rotatable bonds is 7. The first-order chi connectivity index (χ1) is 33.2. The maximum atomic E-state index is 6.79. The molecule has 0 saturated carbocycles. The van der Waals surface area contributed by atoms with E-state index in [9.17, 15) is 0 Å². The molecule has 0 fully saturated rings. The summed E-state index contributed by atoms with van der Waals surface area (Å²) in [7, 11) is 0. The van der Waals surface area contributed by atoms with Crippen molar-refractivity contribution in [2.75, 3.05) is 0 Å². The summed E-state index contributed by atoms with van der Waals surface area (Å²) in [5.41, 5.74) is 13.4. The van der Waals surface area contributed by atoms with Crippen molar-refractivity contribution in [3.63, 3.8) is 0 Å². The summed E-state index contributed by atoms with van der Waals surface area (Å²) in [5, 5.41) is 9.20. The van der Waals surface area contributed by atoms with Crippen molar-refractivity contribution in [3.8, 4) is 78.7 Å². The van der Waals surface area contributed by atoms with E-state index in [0.29, 0.717) is 17.5 Å². The molecule has 312 valence electrons. The van der Waals surface area contributed by atoms with Crippen LogP contribution >= 0.6 is 0 Å². The van der Waals surface area contributed by atoms with Crippen LogP contribution in [0.1, 0.15) is 0 Å². The lowest BCUT2D eigenvalue weighted by Crippen LogP contribution is -2.00. The highest BCUT2D eigenvalue weighted by atomic mass is 16.3. The average Bonchev–Trinajstić information content (AvgIpc) is 3.81. The van der Waals surface area contributed by atoms with E-state index in [-0.39, 0.29) is 0 Å². The Kier molecular flexibility index (Phi) is 9.14. The number of nitrogens with zero attached hydrogens (tertiary/aromatic N) is 3. The summed E-state index contributed by atoms with van der Waals surface area (Å²) in [6.07, 6.45) is 0. The molecule has 0 N–H and O–H groups in total. The number of benzene rings is 11. The first kappa shape index (κ1) is 38.5. The Labute approximate surface area is 387 Å². The molecule has 0 unspecified atom stereocenters. The van der Waals surface area contributed by atoms with Crippen LogP contribution in [-0.2, 0) is 0 Å². The van der Waals surface area contributed by atoms with Crippen LogP contribution in [-0.4, -0.2) is 15.0 Å². The second kappa shape index (κ2) is 15.9. The van der Waals surface area contributed by atoms with Crippen LogP contribution in [0.5, 0.6) is 0 Å². The Hall–Kier alpha value is -8.99. The second-order valence-electron chi connectivity index (χ2n) is 17.1. The van der Waals surface area contributed by atoms with Gasteiger partial charge in [-0.1, -0.05) is 218 Å². The zero-order chi connectivity index (χ0) is 44.3. The van der Waals surface area contributed by atoms with Gasteiger partial charge in [0, 0.05) is 33.0 Å². The second-order valence-corrected chi connectivity index (χ2v) is 17.1. The van der Waals surface area contributed by atoms with Gasteiger partial charge in [0.1, 0.15) is 11.2 Å². The molecule has 0 amide bonds. The Morgan fingerprint density at radius 1 is 0.239 bits per heavy atom. The Balaban J connectivity index is 0.972. The van der Waals surface area contributed by atoms with Gasteiger partial charge in [-0.05, 0) is 89.5 Å². The normalized spacial score (nSPS) is 11.6. The minimum absolute atomic E-state index is 0.578. The van der Waals surface area contributed by atoms with Crippen LogP contribution in [0.25, 0.3) is 133 Å². The molecule has 67 heavy (non-hydrogen) atoms. The third-order valence-electron chi connectivity index (χ3n) is 13.2. The SMILES string of the molecule is c1ccc(-c2ccc(-c3cccc4c3oc3cccc(-c5nc(-c6ccc(-c7cccc(-c8ccccc8)c7)cc6)nc(-c6ccc7c8ccccc8c8ccccc8c7c6)n5)c34)cc2)cc1. The molecule has 0 atom stereocenters. The maximum absolute atomic E-state index is 6.79. The number of fused-ring (bicyclic) bond motifs is 9. The first-order valence-electron chi connectivity index (χ1n) is 22.7. The van der Waals surface area contributed by atoms with Gasteiger partial charge in [-0.2, -0.15) is 0 Å². The van der Waals surface area contributed by atoms with E-state index in [1.165, 1.54) is 49.2 Å². The van der Waals surface area contributed by atoms with Crippen molar-refractivity contribution in [1.82, 2.24) is 15.0 Å². The molecule has 0 aliphatic heterocycles. The number of para-hydroxylation sites is 1. The first-order valence-corrected chi connectivity index (χ1v) is 22.7. The van der Waals surface area contributed by atoms with E-state index < -0.39 is 0 Å². The van der Waals surface area contributed by atoms with E-state index in [1.54, 1.807) is 0 Å². The third kappa shape index (κ3) is 6.74. The van der Waals surface area contributed by atoms with Gasteiger partial charge < -0.3 is 4.42 Å². The van der Waals surface area contributed by atoms with Crippen LogP contribution in [0.15, 0.2) is 241 Å². The molecule has 0 spiro atoms. The van der Waals surface area contributed by atoms with E-state index in [4.69, 9.17) is 19.4 Å².